The van der Waals surface area contributed by atoms with Crippen molar-refractivity contribution in [3.63, 3.8) is 0 Å². The second-order valence-corrected chi connectivity index (χ2v) is 7.78. The molecule has 2 N–H and O–H groups in total. The van der Waals surface area contributed by atoms with E-state index in [1.165, 1.54) is 12.2 Å². The minimum absolute atomic E-state index is 0.475. The fourth-order valence-corrected chi connectivity index (χ4v) is 3.72. The predicted molar refractivity (Wildman–Crippen MR) is 111 cm³/mol. The van der Waals surface area contributed by atoms with Crippen LogP contribution < -0.4 is 15.5 Å². The average Bonchev–Trinajstić information content (AvgIpc) is 2.98. The van der Waals surface area contributed by atoms with Gasteiger partial charge in [-0.2, -0.15) is 5.01 Å². The number of carbonyl (C=O) groups excluding carboxylic acids is 4. The second kappa shape index (κ2) is 9.63. The van der Waals surface area contributed by atoms with Crippen molar-refractivity contribution in [3.8, 4) is 5.75 Å². The van der Waals surface area contributed by atoms with Crippen LogP contribution in [-0.2, 0) is 19.1 Å². The quantitative estimate of drug-likeness (QED) is 0.390. The van der Waals surface area contributed by atoms with Gasteiger partial charge in [-0.1, -0.05) is 25.1 Å². The zero-order valence-corrected chi connectivity index (χ0v) is 17.7. The Morgan fingerprint density at radius 2 is 1.97 bits per heavy atom. The summed E-state index contributed by atoms with van der Waals surface area (Å²) >= 11 is 0. The average molecular weight is 429 g/mol. The van der Waals surface area contributed by atoms with Gasteiger partial charge in [0, 0.05) is 11.6 Å². The van der Waals surface area contributed by atoms with Crippen LogP contribution >= 0.6 is 0 Å². The molecule has 3 rings (SSSR count). The molecule has 9 nitrogen and oxygen atoms in total. The molecule has 166 valence electrons. The summed E-state index contributed by atoms with van der Waals surface area (Å²) in [4.78, 5) is 49.0. The molecule has 1 aromatic carbocycles. The third kappa shape index (κ3) is 5.22. The van der Waals surface area contributed by atoms with Crippen LogP contribution in [0.15, 0.2) is 30.3 Å². The number of para-hydroxylation sites is 1. The summed E-state index contributed by atoms with van der Waals surface area (Å²) in [5, 5.41) is 3.39. The summed E-state index contributed by atoms with van der Waals surface area (Å²) in [5.74, 6) is -0.877. The lowest BCUT2D eigenvalue weighted by Crippen LogP contribution is -2.52. The molecule has 31 heavy (non-hydrogen) atoms. The number of benzene rings is 1. The Labute approximate surface area is 180 Å². The van der Waals surface area contributed by atoms with Crippen LogP contribution in [0.4, 0.5) is 4.79 Å². The zero-order valence-electron chi connectivity index (χ0n) is 17.7. The third-order valence-corrected chi connectivity index (χ3v) is 5.49. The molecule has 1 saturated carbocycles. The number of hydrazine groups is 1. The topological polar surface area (TPSA) is 114 Å². The van der Waals surface area contributed by atoms with Crippen molar-refractivity contribution >= 4 is 29.9 Å². The maximum absolute atomic E-state index is 12.7. The fraction of sp³-hybridized carbons (Fsp3) is 0.455. The van der Waals surface area contributed by atoms with Gasteiger partial charge >= 0.3 is 12.0 Å². The first-order chi connectivity index (χ1) is 14.8. The van der Waals surface area contributed by atoms with E-state index in [1.54, 1.807) is 18.2 Å². The van der Waals surface area contributed by atoms with Crippen molar-refractivity contribution in [2.45, 2.75) is 45.1 Å². The smallest absolute Gasteiger partial charge is 0.344 e. The summed E-state index contributed by atoms with van der Waals surface area (Å²) < 4.78 is 10.4. The van der Waals surface area contributed by atoms with Crippen LogP contribution in [0.25, 0.3) is 6.08 Å². The SMILES string of the molecule is CCOc1ccccc1/C=C/C(=O)OCC(=O)NN1C(=O)NC2(CCC(C)CC2)C1=O. The Kier molecular flexibility index (Phi) is 6.94. The van der Waals surface area contributed by atoms with Gasteiger partial charge in [0.05, 0.1) is 6.61 Å². The third-order valence-electron chi connectivity index (χ3n) is 5.49. The predicted octanol–water partition coefficient (Wildman–Crippen LogP) is 2.17. The van der Waals surface area contributed by atoms with Gasteiger partial charge in [0.1, 0.15) is 11.3 Å². The van der Waals surface area contributed by atoms with E-state index in [0.717, 1.165) is 12.8 Å². The number of imide groups is 1. The minimum atomic E-state index is -0.954. The van der Waals surface area contributed by atoms with E-state index in [9.17, 15) is 19.2 Å². The Morgan fingerprint density at radius 3 is 2.68 bits per heavy atom. The molecular formula is C22H27N3O6. The first-order valence-corrected chi connectivity index (χ1v) is 10.4. The number of nitrogens with zero attached hydrogens (tertiary/aromatic N) is 1. The van der Waals surface area contributed by atoms with E-state index in [0.29, 0.717) is 41.7 Å². The number of urea groups is 1. The number of esters is 1. The van der Waals surface area contributed by atoms with Gasteiger partial charge in [-0.25, -0.2) is 9.59 Å². The molecule has 0 bridgehead atoms. The maximum atomic E-state index is 12.7. The van der Waals surface area contributed by atoms with Crippen LogP contribution in [0.1, 0.15) is 45.1 Å². The normalized spacial score (nSPS) is 23.2. The lowest BCUT2D eigenvalue weighted by molar-refractivity contribution is -0.147. The van der Waals surface area contributed by atoms with E-state index in [2.05, 4.69) is 17.7 Å². The van der Waals surface area contributed by atoms with E-state index in [4.69, 9.17) is 9.47 Å². The molecule has 1 aliphatic carbocycles. The van der Waals surface area contributed by atoms with E-state index < -0.39 is 36.0 Å². The van der Waals surface area contributed by atoms with Crippen LogP contribution in [0.2, 0.25) is 0 Å². The largest absolute Gasteiger partial charge is 0.493 e. The van der Waals surface area contributed by atoms with Gasteiger partial charge in [0.15, 0.2) is 6.61 Å². The minimum Gasteiger partial charge on any atom is -0.493 e. The van der Waals surface area contributed by atoms with E-state index in [1.807, 2.05) is 13.0 Å². The second-order valence-electron chi connectivity index (χ2n) is 7.78. The van der Waals surface area contributed by atoms with Crippen LogP contribution in [0.5, 0.6) is 5.75 Å². The summed E-state index contributed by atoms with van der Waals surface area (Å²) in [5.41, 5.74) is 1.97. The maximum Gasteiger partial charge on any atom is 0.344 e. The van der Waals surface area contributed by atoms with Gasteiger partial charge < -0.3 is 14.8 Å². The molecule has 1 spiro atoms. The standard InChI is InChI=1S/C22H27N3O6/c1-3-30-17-7-5-4-6-16(17)8-9-19(27)31-14-18(26)24-25-20(28)22(23-21(25)29)12-10-15(2)11-13-22/h4-9,15H,3,10-14H2,1-2H3,(H,23,29)(H,24,26)/b9-8+. The summed E-state index contributed by atoms with van der Waals surface area (Å²) in [7, 11) is 0. The number of carbonyl (C=O) groups is 4. The molecular weight excluding hydrogens is 402 g/mol. The Balaban J connectivity index is 1.50. The van der Waals surface area contributed by atoms with Gasteiger partial charge in [-0.15, -0.1) is 0 Å². The van der Waals surface area contributed by atoms with Crippen LogP contribution in [0.3, 0.4) is 0 Å². The van der Waals surface area contributed by atoms with Crippen molar-refractivity contribution in [1.82, 2.24) is 15.8 Å². The summed E-state index contributed by atoms with van der Waals surface area (Å²) in [6, 6.07) is 6.50. The highest BCUT2D eigenvalue weighted by atomic mass is 16.5. The number of hydrogen-bond acceptors (Lipinski definition) is 6. The molecule has 0 atom stereocenters. The molecule has 1 aromatic rings. The highest BCUT2D eigenvalue weighted by molar-refractivity contribution is 6.08. The van der Waals surface area contributed by atoms with E-state index >= 15 is 0 Å². The van der Waals surface area contributed by atoms with Crippen molar-refractivity contribution in [3.05, 3.63) is 35.9 Å². The molecule has 2 fully saturated rings. The zero-order chi connectivity index (χ0) is 22.4. The van der Waals surface area contributed by atoms with Crippen LogP contribution in [0, 0.1) is 5.92 Å². The Hall–Kier alpha value is -3.36. The highest BCUT2D eigenvalue weighted by Crippen LogP contribution is 2.35. The van der Waals surface area contributed by atoms with E-state index in [-0.39, 0.29) is 0 Å². The van der Waals surface area contributed by atoms with Crippen LogP contribution in [-0.4, -0.2) is 47.6 Å². The number of hydrogen-bond donors (Lipinski definition) is 2. The molecule has 9 heteroatoms. The molecule has 1 heterocycles. The molecule has 0 aromatic heterocycles. The molecule has 2 aliphatic rings. The highest BCUT2D eigenvalue weighted by Gasteiger charge is 2.52. The molecule has 0 radical (unpaired) electrons. The van der Waals surface area contributed by atoms with Gasteiger partial charge in [-0.3, -0.25) is 15.0 Å². The van der Waals surface area contributed by atoms with Gasteiger partial charge in [-0.05, 0) is 50.7 Å². The van der Waals surface area contributed by atoms with Gasteiger partial charge in [0.25, 0.3) is 11.8 Å². The first-order valence-electron chi connectivity index (χ1n) is 10.4. The number of ether oxygens (including phenoxy) is 2. The van der Waals surface area contributed by atoms with Crippen molar-refractivity contribution in [2.24, 2.45) is 5.92 Å². The molecule has 1 saturated heterocycles. The Bertz CT molecular complexity index is 889. The number of nitrogens with one attached hydrogen (secondary N) is 2. The van der Waals surface area contributed by atoms with Gasteiger partial charge in [0.2, 0.25) is 0 Å². The molecule has 1 aliphatic heterocycles. The lowest BCUT2D eigenvalue weighted by Gasteiger charge is -2.33. The first kappa shape index (κ1) is 22.3. The lowest BCUT2D eigenvalue weighted by atomic mass is 9.77. The summed E-state index contributed by atoms with van der Waals surface area (Å²) in [6.07, 6.45) is 5.42. The fourth-order valence-electron chi connectivity index (χ4n) is 3.72. The summed E-state index contributed by atoms with van der Waals surface area (Å²) in [6.45, 7) is 3.82. The Morgan fingerprint density at radius 1 is 1.26 bits per heavy atom. The number of rotatable bonds is 7. The van der Waals surface area contributed by atoms with Crippen molar-refractivity contribution in [1.29, 1.82) is 0 Å². The molecule has 4 amide bonds. The molecule has 0 unspecified atom stereocenters. The monoisotopic (exact) mass is 429 g/mol. The number of amides is 4. The van der Waals surface area contributed by atoms with Crippen molar-refractivity contribution in [2.75, 3.05) is 13.2 Å². The van der Waals surface area contributed by atoms with Crippen molar-refractivity contribution < 1.29 is 28.7 Å².